The van der Waals surface area contributed by atoms with E-state index < -0.39 is 20.4 Å². The zero-order valence-corrected chi connectivity index (χ0v) is 11.1. The molecule has 0 saturated carbocycles. The smallest absolute Gasteiger partial charge is 0.282 e. The molecule has 0 aliphatic carbocycles. The zero-order chi connectivity index (χ0) is 14.7. The maximum Gasteiger partial charge on any atom is 0.330 e. The molecule has 7 nitrogen and oxygen atoms in total. The van der Waals surface area contributed by atoms with E-state index in [0.29, 0.717) is 5.39 Å². The SMILES string of the molecule is NS(=O)(=O)O.O=S(=O)(O)c1cccc2ccccc12. The summed E-state index contributed by atoms with van der Waals surface area (Å²) in [5.74, 6) is 0. The van der Waals surface area contributed by atoms with Crippen molar-refractivity contribution in [2.75, 3.05) is 0 Å². The largest absolute Gasteiger partial charge is 0.330 e. The molecule has 2 aromatic rings. The van der Waals surface area contributed by atoms with Crippen LogP contribution in [0.15, 0.2) is 47.4 Å². The Balaban J connectivity index is 0.000000312. The van der Waals surface area contributed by atoms with Gasteiger partial charge in [0.2, 0.25) is 0 Å². The lowest BCUT2D eigenvalue weighted by atomic mass is 10.1. The number of nitrogens with two attached hydrogens (primary N) is 1. The molecule has 0 atom stereocenters. The van der Waals surface area contributed by atoms with Gasteiger partial charge in [0.25, 0.3) is 10.1 Å². The van der Waals surface area contributed by atoms with Crippen molar-refractivity contribution in [2.24, 2.45) is 5.14 Å². The molecule has 0 heterocycles. The Labute approximate surface area is 110 Å². The molecule has 104 valence electrons. The predicted octanol–water partition coefficient (Wildman–Crippen LogP) is 0.834. The number of benzene rings is 2. The molecule has 2 rings (SSSR count). The first kappa shape index (κ1) is 15.5. The third-order valence-electron chi connectivity index (χ3n) is 2.03. The molecular weight excluding hydrogens is 294 g/mol. The summed E-state index contributed by atoms with van der Waals surface area (Å²) in [4.78, 5) is -0.0457. The summed E-state index contributed by atoms with van der Waals surface area (Å²) in [5, 5.41) is 5.22. The van der Waals surface area contributed by atoms with Crippen LogP contribution >= 0.6 is 0 Å². The van der Waals surface area contributed by atoms with Gasteiger partial charge in [-0.3, -0.25) is 9.11 Å². The average molecular weight is 305 g/mol. The fourth-order valence-corrected chi connectivity index (χ4v) is 2.13. The average Bonchev–Trinajstić information content (AvgIpc) is 2.25. The van der Waals surface area contributed by atoms with Crippen molar-refractivity contribution < 1.29 is 25.9 Å². The van der Waals surface area contributed by atoms with Crippen LogP contribution in [0.2, 0.25) is 0 Å². The van der Waals surface area contributed by atoms with Crippen LogP contribution in [0.4, 0.5) is 0 Å². The minimum Gasteiger partial charge on any atom is -0.282 e. The van der Waals surface area contributed by atoms with Crippen molar-refractivity contribution in [1.82, 2.24) is 0 Å². The van der Waals surface area contributed by atoms with Crippen molar-refractivity contribution in [3.63, 3.8) is 0 Å². The molecule has 0 fully saturated rings. The highest BCUT2D eigenvalue weighted by Gasteiger charge is 2.12. The lowest BCUT2D eigenvalue weighted by molar-refractivity contribution is 0.482. The molecule has 0 spiro atoms. The minimum atomic E-state index is -4.17. The van der Waals surface area contributed by atoms with E-state index in [1.54, 1.807) is 30.3 Å². The molecule has 0 aliphatic rings. The summed E-state index contributed by atoms with van der Waals surface area (Å²) in [7, 11) is -8.30. The first-order valence-electron chi connectivity index (χ1n) is 4.79. The summed E-state index contributed by atoms with van der Waals surface area (Å²) in [6, 6.07) is 11.8. The van der Waals surface area contributed by atoms with Gasteiger partial charge in [-0.25, -0.2) is 5.14 Å². The predicted molar refractivity (Wildman–Crippen MR) is 69.5 cm³/mol. The quantitative estimate of drug-likeness (QED) is 0.668. The Morgan fingerprint density at radius 1 is 0.842 bits per heavy atom. The van der Waals surface area contributed by atoms with Crippen molar-refractivity contribution >= 4 is 31.2 Å². The molecule has 4 N–H and O–H groups in total. The molecule has 0 unspecified atom stereocenters. The second-order valence-corrected chi connectivity index (χ2v) is 5.89. The van der Waals surface area contributed by atoms with E-state index >= 15 is 0 Å². The standard InChI is InChI=1S/C10H8O3S.H3NO3S/c11-14(12,13)10-7-3-5-8-4-1-2-6-9(8)10;1-5(2,3)4/h1-7H,(H,11,12,13);(H3,1,2,3,4). The number of hydrogen-bond acceptors (Lipinski definition) is 4. The van der Waals surface area contributed by atoms with Crippen molar-refractivity contribution in [3.8, 4) is 0 Å². The maximum absolute atomic E-state index is 11.0. The molecule has 0 radical (unpaired) electrons. The summed E-state index contributed by atoms with van der Waals surface area (Å²) < 4.78 is 56.2. The summed E-state index contributed by atoms with van der Waals surface area (Å²) in [5.41, 5.74) is 0. The van der Waals surface area contributed by atoms with Gasteiger partial charge in [-0.15, -0.1) is 0 Å². The molecule has 0 bridgehead atoms. The summed E-state index contributed by atoms with van der Waals surface area (Å²) in [6.07, 6.45) is 0. The number of hydrogen-bond donors (Lipinski definition) is 3. The van der Waals surface area contributed by atoms with E-state index in [0.717, 1.165) is 5.39 Å². The van der Waals surface area contributed by atoms with Crippen LogP contribution in [0.5, 0.6) is 0 Å². The molecule has 9 heteroatoms. The van der Waals surface area contributed by atoms with Crippen LogP contribution in [0.25, 0.3) is 10.8 Å². The monoisotopic (exact) mass is 305 g/mol. The molecule has 19 heavy (non-hydrogen) atoms. The zero-order valence-electron chi connectivity index (χ0n) is 9.46. The Bertz CT molecular complexity index is 769. The second-order valence-electron chi connectivity index (χ2n) is 3.47. The van der Waals surface area contributed by atoms with Gasteiger partial charge in [0.1, 0.15) is 4.90 Å². The van der Waals surface area contributed by atoms with E-state index in [1.807, 2.05) is 6.07 Å². The van der Waals surface area contributed by atoms with Crippen molar-refractivity contribution in [3.05, 3.63) is 42.5 Å². The van der Waals surface area contributed by atoms with E-state index in [9.17, 15) is 8.42 Å². The van der Waals surface area contributed by atoms with Crippen LogP contribution < -0.4 is 5.14 Å². The van der Waals surface area contributed by atoms with Crippen LogP contribution in [0.1, 0.15) is 0 Å². The molecule has 0 amide bonds. The number of fused-ring (bicyclic) bond motifs is 1. The van der Waals surface area contributed by atoms with Crippen molar-refractivity contribution in [1.29, 1.82) is 0 Å². The highest BCUT2D eigenvalue weighted by Crippen LogP contribution is 2.21. The molecule has 0 aliphatic heterocycles. The fraction of sp³-hybridized carbons (Fsp3) is 0. The highest BCUT2D eigenvalue weighted by atomic mass is 32.2. The normalized spacial score (nSPS) is 11.7. The van der Waals surface area contributed by atoms with E-state index in [-0.39, 0.29) is 4.90 Å². The van der Waals surface area contributed by atoms with Crippen LogP contribution in [-0.2, 0) is 20.4 Å². The van der Waals surface area contributed by atoms with Gasteiger partial charge < -0.3 is 0 Å². The Morgan fingerprint density at radius 3 is 1.84 bits per heavy atom. The molecular formula is C10H11NO6S2. The van der Waals surface area contributed by atoms with Crippen LogP contribution in [-0.4, -0.2) is 25.9 Å². The Kier molecular flexibility index (Phi) is 4.61. The first-order chi connectivity index (χ1) is 8.59. The maximum atomic E-state index is 11.0. The van der Waals surface area contributed by atoms with Gasteiger partial charge in [-0.05, 0) is 11.5 Å². The van der Waals surface area contributed by atoms with E-state index in [1.165, 1.54) is 6.07 Å². The minimum absolute atomic E-state index is 0.0457. The molecule has 0 aromatic heterocycles. The third-order valence-corrected chi connectivity index (χ3v) is 2.94. The Hall–Kier alpha value is -1.52. The first-order valence-corrected chi connectivity index (χ1v) is 7.74. The van der Waals surface area contributed by atoms with Gasteiger partial charge >= 0.3 is 10.3 Å². The highest BCUT2D eigenvalue weighted by molar-refractivity contribution is 7.86. The summed E-state index contributed by atoms with van der Waals surface area (Å²) >= 11 is 0. The van der Waals surface area contributed by atoms with Gasteiger partial charge in [-0.1, -0.05) is 36.4 Å². The third kappa shape index (κ3) is 5.32. The van der Waals surface area contributed by atoms with Gasteiger partial charge in [0, 0.05) is 5.39 Å². The molecule has 0 saturated heterocycles. The van der Waals surface area contributed by atoms with E-state index in [4.69, 9.17) is 17.5 Å². The van der Waals surface area contributed by atoms with Gasteiger partial charge in [-0.2, -0.15) is 16.8 Å². The summed E-state index contributed by atoms with van der Waals surface area (Å²) in [6.45, 7) is 0. The fourth-order valence-electron chi connectivity index (χ4n) is 1.42. The van der Waals surface area contributed by atoms with Crippen LogP contribution in [0.3, 0.4) is 0 Å². The lowest BCUT2D eigenvalue weighted by Gasteiger charge is -2.02. The van der Waals surface area contributed by atoms with E-state index in [2.05, 4.69) is 5.14 Å². The molecule has 2 aromatic carbocycles. The van der Waals surface area contributed by atoms with Gasteiger partial charge in [0.15, 0.2) is 0 Å². The van der Waals surface area contributed by atoms with Gasteiger partial charge in [0.05, 0.1) is 0 Å². The second kappa shape index (κ2) is 5.63. The topological polar surface area (TPSA) is 135 Å². The Morgan fingerprint density at radius 2 is 1.32 bits per heavy atom. The van der Waals surface area contributed by atoms with Crippen LogP contribution in [0, 0.1) is 0 Å². The van der Waals surface area contributed by atoms with Crippen molar-refractivity contribution in [2.45, 2.75) is 4.90 Å². The lowest BCUT2D eigenvalue weighted by Crippen LogP contribution is -2.08. The number of rotatable bonds is 1.